The van der Waals surface area contributed by atoms with Crippen molar-refractivity contribution in [3.63, 3.8) is 0 Å². The highest BCUT2D eigenvalue weighted by molar-refractivity contribution is 7.20. The highest BCUT2D eigenvalue weighted by Crippen LogP contribution is 2.27. The average molecular weight is 342 g/mol. The summed E-state index contributed by atoms with van der Waals surface area (Å²) in [6.07, 6.45) is 1.30. The Morgan fingerprint density at radius 2 is 2.04 bits per heavy atom. The standard InChI is InChI=1S/C18H18N2O3S/c1-3-13-19-16(21)14-11(2)15(24-17(14)20-13)18(22)23-10-9-12-7-5-4-6-8-12/h4-8H,3,9-10H2,1-2H3,(H,19,20,21). The van der Waals surface area contributed by atoms with Crippen LogP contribution in [0.5, 0.6) is 0 Å². The number of nitrogens with zero attached hydrogens (tertiary/aromatic N) is 1. The molecule has 0 spiro atoms. The molecule has 0 radical (unpaired) electrons. The minimum absolute atomic E-state index is 0.200. The summed E-state index contributed by atoms with van der Waals surface area (Å²) in [5.41, 5.74) is 1.55. The van der Waals surface area contributed by atoms with Gasteiger partial charge in [-0.2, -0.15) is 0 Å². The molecule has 0 bridgehead atoms. The van der Waals surface area contributed by atoms with Crippen LogP contribution in [0.25, 0.3) is 10.2 Å². The zero-order valence-corrected chi connectivity index (χ0v) is 14.4. The average Bonchev–Trinajstić information content (AvgIpc) is 2.93. The van der Waals surface area contributed by atoms with Gasteiger partial charge in [-0.3, -0.25) is 4.79 Å². The first-order valence-electron chi connectivity index (χ1n) is 7.83. The maximum atomic E-state index is 12.3. The molecule has 0 saturated heterocycles. The van der Waals surface area contributed by atoms with E-state index in [1.54, 1.807) is 6.92 Å². The second kappa shape index (κ2) is 6.97. The first kappa shape index (κ1) is 16.4. The van der Waals surface area contributed by atoms with Crippen molar-refractivity contribution in [1.29, 1.82) is 0 Å². The van der Waals surface area contributed by atoms with Gasteiger partial charge < -0.3 is 9.72 Å². The fraction of sp³-hybridized carbons (Fsp3) is 0.278. The molecular formula is C18H18N2O3S. The Kier molecular flexibility index (Phi) is 4.76. The van der Waals surface area contributed by atoms with Gasteiger partial charge in [-0.25, -0.2) is 9.78 Å². The summed E-state index contributed by atoms with van der Waals surface area (Å²) in [5.74, 6) is 0.224. The first-order valence-corrected chi connectivity index (χ1v) is 8.65. The Balaban J connectivity index is 1.78. The fourth-order valence-electron chi connectivity index (χ4n) is 2.52. The van der Waals surface area contributed by atoms with Gasteiger partial charge in [0.25, 0.3) is 5.56 Å². The van der Waals surface area contributed by atoms with E-state index < -0.39 is 5.97 Å². The van der Waals surface area contributed by atoms with Crippen LogP contribution in [0.3, 0.4) is 0 Å². The van der Waals surface area contributed by atoms with Crippen molar-refractivity contribution >= 4 is 27.5 Å². The summed E-state index contributed by atoms with van der Waals surface area (Å²) in [6, 6.07) is 9.85. The summed E-state index contributed by atoms with van der Waals surface area (Å²) < 4.78 is 5.37. The predicted molar refractivity (Wildman–Crippen MR) is 94.8 cm³/mol. The molecule has 124 valence electrons. The lowest BCUT2D eigenvalue weighted by Crippen LogP contribution is -2.11. The van der Waals surface area contributed by atoms with Crippen LogP contribution in [-0.4, -0.2) is 22.5 Å². The zero-order chi connectivity index (χ0) is 17.1. The van der Waals surface area contributed by atoms with Crippen molar-refractivity contribution in [3.05, 3.63) is 62.5 Å². The number of carbonyl (C=O) groups is 1. The molecule has 0 aliphatic rings. The van der Waals surface area contributed by atoms with Crippen LogP contribution in [0, 0.1) is 6.92 Å². The molecule has 2 heterocycles. The van der Waals surface area contributed by atoms with Gasteiger partial charge in [-0.15, -0.1) is 11.3 Å². The van der Waals surface area contributed by atoms with E-state index >= 15 is 0 Å². The first-order chi connectivity index (χ1) is 11.6. The minimum atomic E-state index is -0.399. The smallest absolute Gasteiger partial charge is 0.348 e. The second-order valence-electron chi connectivity index (χ2n) is 5.47. The summed E-state index contributed by atoms with van der Waals surface area (Å²) in [7, 11) is 0. The molecule has 0 aliphatic heterocycles. The van der Waals surface area contributed by atoms with Crippen molar-refractivity contribution in [1.82, 2.24) is 9.97 Å². The molecule has 0 fully saturated rings. The quantitative estimate of drug-likeness (QED) is 0.723. The van der Waals surface area contributed by atoms with Crippen molar-refractivity contribution in [2.75, 3.05) is 6.61 Å². The van der Waals surface area contributed by atoms with Crippen LogP contribution in [0.15, 0.2) is 35.1 Å². The van der Waals surface area contributed by atoms with Crippen LogP contribution in [0.1, 0.15) is 33.5 Å². The number of H-pyrrole nitrogens is 1. The number of hydrogen-bond acceptors (Lipinski definition) is 5. The summed E-state index contributed by atoms with van der Waals surface area (Å²) >= 11 is 1.22. The van der Waals surface area contributed by atoms with Crippen LogP contribution >= 0.6 is 11.3 Å². The maximum absolute atomic E-state index is 12.3. The van der Waals surface area contributed by atoms with Gasteiger partial charge in [0.1, 0.15) is 15.5 Å². The van der Waals surface area contributed by atoms with E-state index in [1.807, 2.05) is 37.3 Å². The number of esters is 1. The third-order valence-corrected chi connectivity index (χ3v) is 5.00. The van der Waals surface area contributed by atoms with Gasteiger partial charge >= 0.3 is 5.97 Å². The number of fused-ring (bicyclic) bond motifs is 1. The van der Waals surface area contributed by atoms with Crippen molar-refractivity contribution in [3.8, 4) is 0 Å². The molecule has 0 aliphatic carbocycles. The van der Waals surface area contributed by atoms with Gasteiger partial charge in [0.2, 0.25) is 0 Å². The zero-order valence-electron chi connectivity index (χ0n) is 13.6. The summed E-state index contributed by atoms with van der Waals surface area (Å²) in [4.78, 5) is 32.7. The minimum Gasteiger partial charge on any atom is -0.461 e. The topological polar surface area (TPSA) is 72.0 Å². The van der Waals surface area contributed by atoms with Crippen molar-refractivity contribution in [2.24, 2.45) is 0 Å². The van der Waals surface area contributed by atoms with Crippen molar-refractivity contribution in [2.45, 2.75) is 26.7 Å². The van der Waals surface area contributed by atoms with E-state index in [0.717, 1.165) is 5.56 Å². The lowest BCUT2D eigenvalue weighted by molar-refractivity contribution is 0.0514. The molecule has 0 amide bonds. The molecule has 2 aromatic heterocycles. The molecule has 1 aromatic carbocycles. The number of rotatable bonds is 5. The van der Waals surface area contributed by atoms with Gasteiger partial charge in [-0.05, 0) is 18.1 Å². The SMILES string of the molecule is CCc1nc2sc(C(=O)OCCc3ccccc3)c(C)c2c(=O)[nH]1. The Bertz CT molecular complexity index is 929. The van der Waals surface area contributed by atoms with E-state index in [1.165, 1.54) is 11.3 Å². The number of benzene rings is 1. The van der Waals surface area contributed by atoms with Crippen LogP contribution < -0.4 is 5.56 Å². The number of thiophene rings is 1. The molecule has 0 unspecified atom stereocenters. The maximum Gasteiger partial charge on any atom is 0.348 e. The number of nitrogens with one attached hydrogen (secondary N) is 1. The molecular weight excluding hydrogens is 324 g/mol. The molecule has 3 aromatic rings. The molecule has 24 heavy (non-hydrogen) atoms. The number of aromatic amines is 1. The van der Waals surface area contributed by atoms with E-state index in [9.17, 15) is 9.59 Å². The molecule has 6 heteroatoms. The normalized spacial score (nSPS) is 10.9. The number of aryl methyl sites for hydroxylation is 2. The van der Waals surface area contributed by atoms with Gasteiger partial charge in [0.05, 0.1) is 12.0 Å². The van der Waals surface area contributed by atoms with E-state index in [2.05, 4.69) is 9.97 Å². The third-order valence-electron chi connectivity index (χ3n) is 3.84. The van der Waals surface area contributed by atoms with E-state index in [-0.39, 0.29) is 5.56 Å². The van der Waals surface area contributed by atoms with Crippen molar-refractivity contribution < 1.29 is 9.53 Å². The van der Waals surface area contributed by atoms with E-state index in [4.69, 9.17) is 4.74 Å². The monoisotopic (exact) mass is 342 g/mol. The number of hydrogen-bond donors (Lipinski definition) is 1. The van der Waals surface area contributed by atoms with Gasteiger partial charge in [0.15, 0.2) is 0 Å². The van der Waals surface area contributed by atoms with Gasteiger partial charge in [-0.1, -0.05) is 37.3 Å². The summed E-state index contributed by atoms with van der Waals surface area (Å²) in [5, 5.41) is 0.479. The number of ether oxygens (including phenoxy) is 1. The predicted octanol–water partition coefficient (Wildman–Crippen LogP) is 3.25. The highest BCUT2D eigenvalue weighted by atomic mass is 32.1. The number of carbonyl (C=O) groups excluding carboxylic acids is 1. The van der Waals surface area contributed by atoms with Crippen LogP contribution in [0.2, 0.25) is 0 Å². The largest absolute Gasteiger partial charge is 0.461 e. The molecule has 5 nitrogen and oxygen atoms in total. The third kappa shape index (κ3) is 3.23. The lowest BCUT2D eigenvalue weighted by Gasteiger charge is -2.04. The molecule has 0 atom stereocenters. The van der Waals surface area contributed by atoms with Crippen LogP contribution in [0.4, 0.5) is 0 Å². The Hall–Kier alpha value is -2.47. The molecule has 1 N–H and O–H groups in total. The fourth-order valence-corrected chi connectivity index (χ4v) is 3.62. The molecule has 3 rings (SSSR count). The highest BCUT2D eigenvalue weighted by Gasteiger charge is 2.20. The number of aromatic nitrogens is 2. The van der Waals surface area contributed by atoms with E-state index in [0.29, 0.717) is 45.9 Å². The molecule has 0 saturated carbocycles. The van der Waals surface area contributed by atoms with Crippen LogP contribution in [-0.2, 0) is 17.6 Å². The lowest BCUT2D eigenvalue weighted by atomic mass is 10.2. The van der Waals surface area contributed by atoms with Gasteiger partial charge in [0, 0.05) is 12.8 Å². The summed E-state index contributed by atoms with van der Waals surface area (Å²) in [6.45, 7) is 3.99. The Morgan fingerprint density at radius 1 is 1.29 bits per heavy atom. The Morgan fingerprint density at radius 3 is 2.75 bits per heavy atom. The second-order valence-corrected chi connectivity index (χ2v) is 6.47. The Labute approximate surface area is 143 Å².